The van der Waals surface area contributed by atoms with Crippen molar-refractivity contribution in [2.75, 3.05) is 6.54 Å². The fourth-order valence-electron chi connectivity index (χ4n) is 1.79. The Kier molecular flexibility index (Phi) is 6.76. The lowest BCUT2D eigenvalue weighted by molar-refractivity contribution is 0.140. The van der Waals surface area contributed by atoms with E-state index in [0.29, 0.717) is 6.42 Å². The van der Waals surface area contributed by atoms with Crippen LogP contribution in [-0.4, -0.2) is 12.6 Å². The van der Waals surface area contributed by atoms with Gasteiger partial charge in [0.05, 0.1) is 4.47 Å². The molecule has 2 aromatic rings. The highest BCUT2D eigenvalue weighted by atomic mass is 79.9. The summed E-state index contributed by atoms with van der Waals surface area (Å²) in [6.07, 6.45) is -0.207. The second-order valence-electron chi connectivity index (χ2n) is 4.79. The molecule has 0 unspecified atom stereocenters. The van der Waals surface area contributed by atoms with Gasteiger partial charge in [-0.1, -0.05) is 42.2 Å². The number of carbonyl (C=O) groups is 1. The number of alkyl carbamates (subject to hydrolysis) is 1. The van der Waals surface area contributed by atoms with Gasteiger partial charge in [0, 0.05) is 18.5 Å². The normalized spacial score (nSPS) is 9.79. The molecule has 1 N–H and O–H groups in total. The van der Waals surface area contributed by atoms with Crippen molar-refractivity contribution >= 4 is 22.0 Å². The van der Waals surface area contributed by atoms with Crippen LogP contribution in [0, 0.1) is 23.5 Å². The molecule has 0 heterocycles. The molecular weight excluding hydrogens is 380 g/mol. The van der Waals surface area contributed by atoms with Crippen LogP contribution in [-0.2, 0) is 11.3 Å². The Morgan fingerprint density at radius 2 is 1.83 bits per heavy atom. The van der Waals surface area contributed by atoms with E-state index in [1.165, 1.54) is 0 Å². The largest absolute Gasteiger partial charge is 0.445 e. The molecule has 0 spiro atoms. The van der Waals surface area contributed by atoms with E-state index in [1.807, 2.05) is 30.3 Å². The Labute approximate surface area is 147 Å². The molecule has 0 fully saturated rings. The van der Waals surface area contributed by atoms with Crippen molar-refractivity contribution < 1.29 is 18.3 Å². The highest BCUT2D eigenvalue weighted by Gasteiger charge is 2.06. The van der Waals surface area contributed by atoms with Gasteiger partial charge in [0.25, 0.3) is 0 Å². The van der Waals surface area contributed by atoms with Crippen LogP contribution in [0.2, 0.25) is 0 Å². The van der Waals surface area contributed by atoms with Crippen molar-refractivity contribution in [1.82, 2.24) is 5.32 Å². The summed E-state index contributed by atoms with van der Waals surface area (Å²) in [5.41, 5.74) is 1.13. The number of hydrogen-bond donors (Lipinski definition) is 1. The van der Waals surface area contributed by atoms with Crippen LogP contribution < -0.4 is 5.32 Å². The molecule has 24 heavy (non-hydrogen) atoms. The summed E-state index contributed by atoms with van der Waals surface area (Å²) in [5, 5.41) is 2.55. The maximum atomic E-state index is 13.3. The van der Waals surface area contributed by atoms with Gasteiger partial charge in [0.2, 0.25) is 0 Å². The van der Waals surface area contributed by atoms with Crippen LogP contribution in [0.3, 0.4) is 0 Å². The molecule has 3 nitrogen and oxygen atoms in total. The number of hydrogen-bond acceptors (Lipinski definition) is 2. The predicted octanol–water partition coefficient (Wildman–Crippen LogP) is 4.40. The average molecular weight is 394 g/mol. The molecule has 2 aromatic carbocycles. The molecule has 0 aromatic heterocycles. The summed E-state index contributed by atoms with van der Waals surface area (Å²) in [6.45, 7) is 0.470. The first-order chi connectivity index (χ1) is 11.6. The van der Waals surface area contributed by atoms with Gasteiger partial charge in [0.1, 0.15) is 18.2 Å². The number of carbonyl (C=O) groups excluding carboxylic acids is 1. The second kappa shape index (κ2) is 9.04. The van der Waals surface area contributed by atoms with E-state index < -0.39 is 17.7 Å². The molecule has 0 atom stereocenters. The Morgan fingerprint density at radius 3 is 2.50 bits per heavy atom. The van der Waals surface area contributed by atoms with Crippen molar-refractivity contribution in [2.45, 2.75) is 13.0 Å². The van der Waals surface area contributed by atoms with Crippen LogP contribution in [0.1, 0.15) is 17.5 Å². The number of ether oxygens (including phenoxy) is 1. The number of rotatable bonds is 4. The predicted molar refractivity (Wildman–Crippen MR) is 90.2 cm³/mol. The molecule has 2 rings (SSSR count). The molecule has 124 valence electrons. The minimum Gasteiger partial charge on any atom is -0.445 e. The second-order valence-corrected chi connectivity index (χ2v) is 5.59. The molecule has 0 aliphatic rings. The molecule has 0 aliphatic carbocycles. The number of amides is 1. The van der Waals surface area contributed by atoms with Gasteiger partial charge in [-0.05, 0) is 33.6 Å². The Bertz CT molecular complexity index is 747. The minimum absolute atomic E-state index is 0.190. The molecule has 0 saturated heterocycles. The molecule has 0 saturated carbocycles. The van der Waals surface area contributed by atoms with Gasteiger partial charge >= 0.3 is 6.09 Å². The third-order valence-corrected chi connectivity index (χ3v) is 3.71. The number of benzene rings is 2. The fourth-order valence-corrected chi connectivity index (χ4v) is 2.02. The highest BCUT2D eigenvalue weighted by Crippen LogP contribution is 2.20. The van der Waals surface area contributed by atoms with Gasteiger partial charge < -0.3 is 10.1 Å². The summed E-state index contributed by atoms with van der Waals surface area (Å²) in [5.74, 6) is 3.96. The highest BCUT2D eigenvalue weighted by molar-refractivity contribution is 9.10. The van der Waals surface area contributed by atoms with E-state index >= 15 is 0 Å². The first-order valence-corrected chi connectivity index (χ1v) is 7.93. The van der Waals surface area contributed by atoms with Crippen LogP contribution >= 0.6 is 15.9 Å². The average Bonchev–Trinajstić information content (AvgIpc) is 2.58. The van der Waals surface area contributed by atoms with E-state index in [-0.39, 0.29) is 23.2 Å². The zero-order valence-corrected chi connectivity index (χ0v) is 14.2. The summed E-state index contributed by atoms with van der Waals surface area (Å²) in [6, 6.07) is 11.6. The van der Waals surface area contributed by atoms with Crippen LogP contribution in [0.4, 0.5) is 13.6 Å². The van der Waals surface area contributed by atoms with Crippen molar-refractivity contribution in [3.05, 3.63) is 69.7 Å². The Balaban J connectivity index is 1.72. The van der Waals surface area contributed by atoms with Crippen molar-refractivity contribution in [3.8, 4) is 11.8 Å². The monoisotopic (exact) mass is 393 g/mol. The third-order valence-electron chi connectivity index (χ3n) is 2.95. The van der Waals surface area contributed by atoms with Gasteiger partial charge in [-0.3, -0.25) is 0 Å². The summed E-state index contributed by atoms with van der Waals surface area (Å²) in [4.78, 5) is 11.5. The lowest BCUT2D eigenvalue weighted by Crippen LogP contribution is -2.24. The van der Waals surface area contributed by atoms with E-state index in [4.69, 9.17) is 4.74 Å². The standard InChI is InChI=1S/C18H14BrF2NO2/c19-17-15(20)10-14(11-16(17)21)8-4-5-9-22-18(23)24-12-13-6-2-1-3-7-13/h1-3,6-7,10-11H,5,9,12H2,(H,22,23). The van der Waals surface area contributed by atoms with Gasteiger partial charge in [0.15, 0.2) is 0 Å². The van der Waals surface area contributed by atoms with Gasteiger partial charge in [-0.2, -0.15) is 0 Å². The SMILES string of the molecule is O=C(NCCC#Cc1cc(F)c(Br)c(F)c1)OCc1ccccc1. The van der Waals surface area contributed by atoms with Gasteiger partial charge in [-0.15, -0.1) is 0 Å². The quantitative estimate of drug-likeness (QED) is 0.475. The topological polar surface area (TPSA) is 38.3 Å². The lowest BCUT2D eigenvalue weighted by atomic mass is 10.2. The van der Waals surface area contributed by atoms with Crippen LogP contribution in [0.5, 0.6) is 0 Å². The van der Waals surface area contributed by atoms with Crippen LogP contribution in [0.15, 0.2) is 46.9 Å². The molecule has 0 bridgehead atoms. The third kappa shape index (κ3) is 5.67. The van der Waals surface area contributed by atoms with E-state index in [0.717, 1.165) is 17.7 Å². The molecule has 0 radical (unpaired) electrons. The lowest BCUT2D eigenvalue weighted by Gasteiger charge is -2.05. The smallest absolute Gasteiger partial charge is 0.407 e. The van der Waals surface area contributed by atoms with Crippen molar-refractivity contribution in [2.24, 2.45) is 0 Å². The zero-order chi connectivity index (χ0) is 17.4. The molecule has 6 heteroatoms. The van der Waals surface area contributed by atoms with Gasteiger partial charge in [-0.25, -0.2) is 13.6 Å². The number of nitrogens with one attached hydrogen (secondary N) is 1. The first kappa shape index (κ1) is 18.0. The fraction of sp³-hybridized carbons (Fsp3) is 0.167. The van der Waals surface area contributed by atoms with E-state index in [1.54, 1.807) is 0 Å². The molecule has 0 aliphatic heterocycles. The van der Waals surface area contributed by atoms with Crippen molar-refractivity contribution in [1.29, 1.82) is 0 Å². The summed E-state index contributed by atoms with van der Waals surface area (Å²) < 4.78 is 31.5. The first-order valence-electron chi connectivity index (χ1n) is 7.14. The summed E-state index contributed by atoms with van der Waals surface area (Å²) in [7, 11) is 0. The summed E-state index contributed by atoms with van der Waals surface area (Å²) >= 11 is 2.79. The van der Waals surface area contributed by atoms with E-state index in [2.05, 4.69) is 33.1 Å². The Morgan fingerprint density at radius 1 is 1.17 bits per heavy atom. The Hall–Kier alpha value is -2.39. The van der Waals surface area contributed by atoms with E-state index in [9.17, 15) is 13.6 Å². The zero-order valence-electron chi connectivity index (χ0n) is 12.6. The van der Waals surface area contributed by atoms with Crippen LogP contribution in [0.25, 0.3) is 0 Å². The molecular formula is C18H14BrF2NO2. The maximum absolute atomic E-state index is 13.3. The molecule has 1 amide bonds. The number of halogens is 3. The van der Waals surface area contributed by atoms with Crippen molar-refractivity contribution in [3.63, 3.8) is 0 Å². The minimum atomic E-state index is -0.707. The maximum Gasteiger partial charge on any atom is 0.407 e.